The molecule has 0 saturated carbocycles. The Morgan fingerprint density at radius 3 is 2.52 bits per heavy atom. The third-order valence-electron chi connectivity index (χ3n) is 3.98. The van der Waals surface area contributed by atoms with Crippen molar-refractivity contribution >= 4 is 11.0 Å². The number of phenols is 3. The van der Waals surface area contributed by atoms with Gasteiger partial charge in [-0.15, -0.1) is 0 Å². The number of fused-ring (bicyclic) bond motifs is 1. The molecule has 0 aliphatic rings. The summed E-state index contributed by atoms with van der Waals surface area (Å²) < 4.78 is 5.25. The second-order valence-electron chi connectivity index (χ2n) is 6.11. The van der Waals surface area contributed by atoms with Crippen LogP contribution >= 0.6 is 0 Å². The minimum Gasteiger partial charge on any atom is -0.508 e. The van der Waals surface area contributed by atoms with Crippen LogP contribution in [0.15, 0.2) is 57.3 Å². The molecule has 3 N–H and O–H groups in total. The summed E-state index contributed by atoms with van der Waals surface area (Å²) in [6, 6.07) is 9.00. The van der Waals surface area contributed by atoms with Crippen LogP contribution in [-0.4, -0.2) is 15.3 Å². The smallest absolute Gasteiger partial charge is 0.344 e. The molecule has 0 spiro atoms. The normalized spacial score (nSPS) is 10.8. The Kier molecular flexibility index (Phi) is 4.23. The van der Waals surface area contributed by atoms with Gasteiger partial charge in [0.05, 0.1) is 5.56 Å². The van der Waals surface area contributed by atoms with Gasteiger partial charge in [-0.1, -0.05) is 11.6 Å². The molecule has 5 heteroatoms. The third kappa shape index (κ3) is 3.21. The molecule has 0 aliphatic carbocycles. The molecule has 1 aromatic heterocycles. The number of aromatic hydroxyl groups is 3. The third-order valence-corrected chi connectivity index (χ3v) is 3.98. The maximum atomic E-state index is 12.3. The summed E-state index contributed by atoms with van der Waals surface area (Å²) in [6.45, 7) is 3.84. The molecular formula is C20H18O5. The lowest BCUT2D eigenvalue weighted by atomic mass is 9.98. The van der Waals surface area contributed by atoms with Gasteiger partial charge < -0.3 is 19.7 Å². The van der Waals surface area contributed by atoms with Crippen LogP contribution in [0.2, 0.25) is 0 Å². The first kappa shape index (κ1) is 16.6. The molecule has 0 radical (unpaired) electrons. The van der Waals surface area contributed by atoms with Gasteiger partial charge >= 0.3 is 5.63 Å². The molecule has 128 valence electrons. The maximum Gasteiger partial charge on any atom is 0.344 e. The summed E-state index contributed by atoms with van der Waals surface area (Å²) in [4.78, 5) is 12.3. The highest BCUT2D eigenvalue weighted by molar-refractivity contribution is 5.84. The van der Waals surface area contributed by atoms with Crippen LogP contribution in [0.25, 0.3) is 22.1 Å². The quantitative estimate of drug-likeness (QED) is 0.494. The van der Waals surface area contributed by atoms with Crippen molar-refractivity contribution in [3.8, 4) is 28.4 Å². The first-order valence-corrected chi connectivity index (χ1v) is 7.81. The van der Waals surface area contributed by atoms with E-state index >= 15 is 0 Å². The Hall–Kier alpha value is -3.21. The van der Waals surface area contributed by atoms with Gasteiger partial charge in [0.25, 0.3) is 0 Å². The molecule has 0 bridgehead atoms. The van der Waals surface area contributed by atoms with E-state index in [0.29, 0.717) is 22.9 Å². The molecule has 0 unspecified atom stereocenters. The summed E-state index contributed by atoms with van der Waals surface area (Å²) in [5.74, 6) is -0.184. The summed E-state index contributed by atoms with van der Waals surface area (Å²) in [5.41, 5.74) is 1.51. The summed E-state index contributed by atoms with van der Waals surface area (Å²) in [6.07, 6.45) is 2.23. The van der Waals surface area contributed by atoms with E-state index in [1.54, 1.807) is 12.1 Å². The van der Waals surface area contributed by atoms with Gasteiger partial charge in [-0.2, -0.15) is 0 Å². The number of benzene rings is 2. The Morgan fingerprint density at radius 1 is 1.04 bits per heavy atom. The van der Waals surface area contributed by atoms with Crippen molar-refractivity contribution in [2.75, 3.05) is 0 Å². The first-order valence-electron chi connectivity index (χ1n) is 7.81. The van der Waals surface area contributed by atoms with E-state index in [9.17, 15) is 20.1 Å². The fourth-order valence-electron chi connectivity index (χ4n) is 2.64. The van der Waals surface area contributed by atoms with Gasteiger partial charge in [0.1, 0.15) is 22.8 Å². The van der Waals surface area contributed by atoms with E-state index in [1.807, 2.05) is 19.9 Å². The van der Waals surface area contributed by atoms with Crippen molar-refractivity contribution in [3.63, 3.8) is 0 Å². The summed E-state index contributed by atoms with van der Waals surface area (Å²) in [5, 5.41) is 30.7. The molecule has 2 aromatic carbocycles. The molecule has 0 amide bonds. The molecule has 0 atom stereocenters. The predicted octanol–water partition coefficient (Wildman–Crippen LogP) is 4.09. The molecule has 0 saturated heterocycles. The molecule has 5 nitrogen and oxygen atoms in total. The van der Waals surface area contributed by atoms with Gasteiger partial charge in [0.2, 0.25) is 0 Å². The highest BCUT2D eigenvalue weighted by Gasteiger charge is 2.17. The molecule has 0 fully saturated rings. The van der Waals surface area contributed by atoms with E-state index in [0.717, 1.165) is 5.57 Å². The summed E-state index contributed by atoms with van der Waals surface area (Å²) in [7, 11) is 0. The monoisotopic (exact) mass is 338 g/mol. The van der Waals surface area contributed by atoms with Crippen molar-refractivity contribution in [1.82, 2.24) is 0 Å². The van der Waals surface area contributed by atoms with E-state index in [1.165, 1.54) is 24.3 Å². The fourth-order valence-corrected chi connectivity index (χ4v) is 2.64. The van der Waals surface area contributed by atoms with Crippen LogP contribution in [0, 0.1) is 0 Å². The number of phenolic OH excluding ortho intramolecular Hbond substituents is 3. The molecule has 0 aliphatic heterocycles. The number of rotatable bonds is 3. The minimum atomic E-state index is -0.632. The Labute approximate surface area is 144 Å². The van der Waals surface area contributed by atoms with Crippen LogP contribution in [0.3, 0.4) is 0 Å². The lowest BCUT2D eigenvalue weighted by Gasteiger charge is -2.11. The van der Waals surface area contributed by atoms with Crippen LogP contribution in [-0.2, 0) is 6.42 Å². The minimum absolute atomic E-state index is 0.000102. The predicted molar refractivity (Wildman–Crippen MR) is 96.0 cm³/mol. The largest absolute Gasteiger partial charge is 0.508 e. The van der Waals surface area contributed by atoms with Crippen molar-refractivity contribution in [1.29, 1.82) is 0 Å². The zero-order valence-corrected chi connectivity index (χ0v) is 13.9. The van der Waals surface area contributed by atoms with Gasteiger partial charge in [0, 0.05) is 22.6 Å². The lowest BCUT2D eigenvalue weighted by molar-refractivity contribution is 0.441. The van der Waals surface area contributed by atoms with Crippen LogP contribution < -0.4 is 5.63 Å². The Morgan fingerprint density at radius 2 is 1.80 bits per heavy atom. The average Bonchev–Trinajstić information content (AvgIpc) is 2.54. The first-order chi connectivity index (χ1) is 11.9. The van der Waals surface area contributed by atoms with Crippen molar-refractivity contribution in [2.45, 2.75) is 20.3 Å². The van der Waals surface area contributed by atoms with Crippen molar-refractivity contribution < 1.29 is 19.7 Å². The SMILES string of the molecule is CC(C)=CCc1c(O)ccc(-c2cc3ccc(O)cc3oc2=O)c1O. The fraction of sp³-hybridized carbons (Fsp3) is 0.150. The lowest BCUT2D eigenvalue weighted by Crippen LogP contribution is -2.03. The van der Waals surface area contributed by atoms with Gasteiger partial charge in [-0.3, -0.25) is 0 Å². The van der Waals surface area contributed by atoms with E-state index in [4.69, 9.17) is 4.42 Å². The topological polar surface area (TPSA) is 90.9 Å². The average molecular weight is 338 g/mol. The van der Waals surface area contributed by atoms with E-state index in [-0.39, 0.29) is 28.4 Å². The number of hydrogen-bond acceptors (Lipinski definition) is 5. The van der Waals surface area contributed by atoms with Crippen molar-refractivity contribution in [2.24, 2.45) is 0 Å². The molecule has 3 rings (SSSR count). The van der Waals surface area contributed by atoms with Gasteiger partial charge in [0.15, 0.2) is 0 Å². The molecular weight excluding hydrogens is 320 g/mol. The van der Waals surface area contributed by atoms with Gasteiger partial charge in [-0.25, -0.2) is 4.79 Å². The Balaban J connectivity index is 2.19. The van der Waals surface area contributed by atoms with E-state index in [2.05, 4.69) is 0 Å². The highest BCUT2D eigenvalue weighted by Crippen LogP contribution is 2.37. The summed E-state index contributed by atoms with van der Waals surface area (Å²) >= 11 is 0. The molecule has 1 heterocycles. The van der Waals surface area contributed by atoms with E-state index < -0.39 is 5.63 Å². The zero-order chi connectivity index (χ0) is 18.1. The second-order valence-corrected chi connectivity index (χ2v) is 6.11. The van der Waals surface area contributed by atoms with Crippen molar-refractivity contribution in [3.05, 3.63) is 64.0 Å². The standard InChI is InChI=1S/C20H18O5/c1-11(2)3-6-15-17(22)8-7-14(19(15)23)16-9-12-4-5-13(21)10-18(12)25-20(16)24/h3-5,7-10,21-23H,6H2,1-2H3. The molecule has 25 heavy (non-hydrogen) atoms. The highest BCUT2D eigenvalue weighted by atomic mass is 16.4. The van der Waals surface area contributed by atoms with Gasteiger partial charge in [-0.05, 0) is 50.6 Å². The zero-order valence-electron chi connectivity index (χ0n) is 13.9. The van der Waals surface area contributed by atoms with Crippen LogP contribution in [0.1, 0.15) is 19.4 Å². The molecule has 3 aromatic rings. The number of hydrogen-bond donors (Lipinski definition) is 3. The number of allylic oxidation sites excluding steroid dienone is 2. The Bertz CT molecular complexity index is 1040. The second kappa shape index (κ2) is 6.36. The van der Waals surface area contributed by atoms with Crippen LogP contribution in [0.5, 0.6) is 17.2 Å². The maximum absolute atomic E-state index is 12.3. The van der Waals surface area contributed by atoms with Crippen LogP contribution in [0.4, 0.5) is 0 Å².